The van der Waals surface area contributed by atoms with Crippen molar-refractivity contribution in [3.8, 4) is 0 Å². The van der Waals surface area contributed by atoms with Gasteiger partial charge in [0.2, 0.25) is 5.91 Å². The number of carbonyl (C=O) groups is 1. The van der Waals surface area contributed by atoms with Gasteiger partial charge in [-0.2, -0.15) is 0 Å². The second kappa shape index (κ2) is 9.12. The van der Waals surface area contributed by atoms with Crippen molar-refractivity contribution in [1.29, 1.82) is 0 Å². The summed E-state index contributed by atoms with van der Waals surface area (Å²) in [5, 5.41) is 13.3. The summed E-state index contributed by atoms with van der Waals surface area (Å²) in [4.78, 5) is 17.3. The lowest BCUT2D eigenvalue weighted by Gasteiger charge is -2.42. The van der Waals surface area contributed by atoms with Gasteiger partial charge < -0.3 is 15.1 Å². The van der Waals surface area contributed by atoms with Crippen LogP contribution in [0, 0.1) is 0 Å². The van der Waals surface area contributed by atoms with Gasteiger partial charge in [0.1, 0.15) is 5.52 Å². The Bertz CT molecular complexity index is 1170. The highest BCUT2D eigenvalue weighted by Crippen LogP contribution is 2.31. The molecule has 7 nitrogen and oxygen atoms in total. The van der Waals surface area contributed by atoms with Crippen molar-refractivity contribution in [2.45, 2.75) is 44.8 Å². The second-order valence-electron chi connectivity index (χ2n) is 9.02. The van der Waals surface area contributed by atoms with E-state index in [1.54, 1.807) is 6.07 Å². The molecule has 0 spiro atoms. The Labute approximate surface area is 203 Å². The van der Waals surface area contributed by atoms with Crippen molar-refractivity contribution in [1.82, 2.24) is 25.2 Å². The zero-order valence-corrected chi connectivity index (χ0v) is 20.4. The fraction of sp³-hybridized carbons (Fsp3) is 0.458. The van der Waals surface area contributed by atoms with E-state index in [-0.39, 0.29) is 24.0 Å². The maximum atomic E-state index is 12.9. The van der Waals surface area contributed by atoms with E-state index in [4.69, 9.17) is 23.2 Å². The van der Waals surface area contributed by atoms with Crippen molar-refractivity contribution in [2.24, 2.45) is 0 Å². The molecule has 1 N–H and O–H groups in total. The monoisotopic (exact) mass is 486 g/mol. The Kier molecular flexibility index (Phi) is 6.20. The first-order valence-electron chi connectivity index (χ1n) is 11.5. The summed E-state index contributed by atoms with van der Waals surface area (Å²) in [5.74, 6) is 0.242. The van der Waals surface area contributed by atoms with E-state index < -0.39 is 0 Å². The van der Waals surface area contributed by atoms with Crippen molar-refractivity contribution in [2.75, 3.05) is 31.1 Å². The fourth-order valence-electron chi connectivity index (χ4n) is 4.99. The number of halogens is 2. The molecular formula is C24H28Cl2N6O. The molecule has 2 aliphatic rings. The third kappa shape index (κ3) is 4.29. The summed E-state index contributed by atoms with van der Waals surface area (Å²) in [5.41, 5.74) is 3.84. The number of piperazine rings is 1. The van der Waals surface area contributed by atoms with E-state index in [2.05, 4.69) is 46.5 Å². The molecule has 0 aliphatic carbocycles. The number of rotatable bonds is 4. The molecule has 0 bridgehead atoms. The predicted molar refractivity (Wildman–Crippen MR) is 132 cm³/mol. The number of anilines is 1. The zero-order valence-electron chi connectivity index (χ0n) is 18.8. The van der Waals surface area contributed by atoms with Crippen LogP contribution in [0.3, 0.4) is 0 Å². The van der Waals surface area contributed by atoms with E-state index in [0.29, 0.717) is 10.0 Å². The lowest BCUT2D eigenvalue weighted by atomic mass is 10.1. The molecule has 174 valence electrons. The van der Waals surface area contributed by atoms with Gasteiger partial charge in [0.15, 0.2) is 0 Å². The van der Waals surface area contributed by atoms with Crippen molar-refractivity contribution < 1.29 is 4.79 Å². The third-order valence-corrected chi connectivity index (χ3v) is 7.43. The van der Waals surface area contributed by atoms with Crippen LogP contribution in [0.15, 0.2) is 36.4 Å². The number of hydrogen-bond donors (Lipinski definition) is 1. The first-order valence-corrected chi connectivity index (χ1v) is 12.3. The number of nitrogens with one attached hydrogen (secondary N) is 1. The normalized spacial score (nSPS) is 22.2. The van der Waals surface area contributed by atoms with Gasteiger partial charge in [-0.15, -0.1) is 5.10 Å². The van der Waals surface area contributed by atoms with E-state index in [1.807, 2.05) is 27.8 Å². The molecular weight excluding hydrogens is 459 g/mol. The van der Waals surface area contributed by atoms with Crippen LogP contribution in [0.5, 0.6) is 0 Å². The molecule has 1 aromatic heterocycles. The van der Waals surface area contributed by atoms with Crippen LogP contribution in [0.4, 0.5) is 5.69 Å². The average Bonchev–Trinajstić information content (AvgIpc) is 3.48. The molecule has 33 heavy (non-hydrogen) atoms. The van der Waals surface area contributed by atoms with Gasteiger partial charge in [-0.25, -0.2) is 4.68 Å². The van der Waals surface area contributed by atoms with Crippen molar-refractivity contribution in [3.63, 3.8) is 0 Å². The maximum Gasteiger partial charge on any atom is 0.240 e. The van der Waals surface area contributed by atoms with Gasteiger partial charge in [0.25, 0.3) is 0 Å². The molecule has 5 rings (SSSR count). The largest absolute Gasteiger partial charge is 0.368 e. The number of amides is 1. The Balaban J connectivity index is 1.37. The number of fused-ring (bicyclic) bond motifs is 1. The Morgan fingerprint density at radius 1 is 1.18 bits per heavy atom. The predicted octanol–water partition coefficient (Wildman–Crippen LogP) is 4.14. The zero-order chi connectivity index (χ0) is 23.1. The van der Waals surface area contributed by atoms with Crippen LogP contribution in [0.25, 0.3) is 11.0 Å². The minimum atomic E-state index is -0.0951. The Hall–Kier alpha value is -2.35. The molecule has 3 aromatic rings. The van der Waals surface area contributed by atoms with Gasteiger partial charge in [-0.05, 0) is 69.1 Å². The number of aromatic nitrogens is 3. The molecule has 9 heteroatoms. The van der Waals surface area contributed by atoms with E-state index >= 15 is 0 Å². The van der Waals surface area contributed by atoms with Gasteiger partial charge in [-0.1, -0.05) is 34.5 Å². The molecule has 2 aromatic carbocycles. The highest BCUT2D eigenvalue weighted by atomic mass is 35.5. The summed E-state index contributed by atoms with van der Waals surface area (Å²) in [6, 6.07) is 11.8. The summed E-state index contributed by atoms with van der Waals surface area (Å²) in [7, 11) is 0. The molecule has 2 fully saturated rings. The summed E-state index contributed by atoms with van der Waals surface area (Å²) >= 11 is 12.5. The topological polar surface area (TPSA) is 66.3 Å². The van der Waals surface area contributed by atoms with Crippen molar-refractivity contribution >= 4 is 45.8 Å². The lowest BCUT2D eigenvalue weighted by molar-refractivity contribution is -0.135. The maximum absolute atomic E-state index is 12.9. The molecule has 2 aliphatic heterocycles. The molecule has 1 unspecified atom stereocenters. The Morgan fingerprint density at radius 3 is 2.76 bits per heavy atom. The SMILES string of the molecule is CC(c1ccc(Cl)cc1Cl)n1nnc2ccc(N3CCN(C(=O)[C@H]4CCCN4)[C@H](C)C3)cc21. The standard InChI is InChI=1S/C24H28Cl2N6O/c1-15-14-30(10-11-31(15)24(33)22-4-3-9-27-22)18-6-8-21-23(13-18)32(29-28-21)16(2)19-7-5-17(25)12-20(19)26/h5-8,12-13,15-16,22,27H,3-4,9-11,14H2,1-2H3/t15-,16?,22-/m1/s1. The molecule has 3 heterocycles. The molecule has 2 saturated heterocycles. The van der Waals surface area contributed by atoms with Gasteiger partial charge in [0.05, 0.1) is 17.6 Å². The quantitative estimate of drug-likeness (QED) is 0.600. The first kappa shape index (κ1) is 22.4. The Morgan fingerprint density at radius 2 is 2.03 bits per heavy atom. The number of benzene rings is 2. The lowest BCUT2D eigenvalue weighted by Crippen LogP contribution is -2.57. The molecule has 0 saturated carbocycles. The van der Waals surface area contributed by atoms with E-state index in [9.17, 15) is 4.79 Å². The minimum absolute atomic E-state index is 0.0167. The van der Waals surface area contributed by atoms with Crippen LogP contribution < -0.4 is 10.2 Å². The van der Waals surface area contributed by atoms with Crippen LogP contribution in [-0.4, -0.2) is 64.1 Å². The van der Waals surface area contributed by atoms with Crippen LogP contribution in [0.1, 0.15) is 38.3 Å². The van der Waals surface area contributed by atoms with Crippen LogP contribution >= 0.6 is 23.2 Å². The average molecular weight is 487 g/mol. The molecule has 3 atom stereocenters. The van der Waals surface area contributed by atoms with Gasteiger partial charge in [-0.3, -0.25) is 4.79 Å². The summed E-state index contributed by atoms with van der Waals surface area (Å²) in [6.45, 7) is 7.45. The number of hydrogen-bond acceptors (Lipinski definition) is 5. The van der Waals surface area contributed by atoms with Crippen LogP contribution in [-0.2, 0) is 4.79 Å². The highest BCUT2D eigenvalue weighted by molar-refractivity contribution is 6.35. The number of carbonyl (C=O) groups excluding carboxylic acids is 1. The highest BCUT2D eigenvalue weighted by Gasteiger charge is 2.33. The first-order chi connectivity index (χ1) is 15.9. The second-order valence-corrected chi connectivity index (χ2v) is 9.87. The van der Waals surface area contributed by atoms with Gasteiger partial charge in [0, 0.05) is 41.4 Å². The molecule has 0 radical (unpaired) electrons. The summed E-state index contributed by atoms with van der Waals surface area (Å²) in [6.07, 6.45) is 2.02. The summed E-state index contributed by atoms with van der Waals surface area (Å²) < 4.78 is 1.91. The van der Waals surface area contributed by atoms with E-state index in [0.717, 1.165) is 61.3 Å². The third-order valence-electron chi connectivity index (χ3n) is 6.87. The van der Waals surface area contributed by atoms with Crippen molar-refractivity contribution in [3.05, 3.63) is 52.0 Å². The van der Waals surface area contributed by atoms with Crippen LogP contribution in [0.2, 0.25) is 10.0 Å². The number of nitrogens with zero attached hydrogens (tertiary/aromatic N) is 5. The molecule has 1 amide bonds. The minimum Gasteiger partial charge on any atom is -0.368 e. The smallest absolute Gasteiger partial charge is 0.240 e. The van der Waals surface area contributed by atoms with E-state index in [1.165, 1.54) is 0 Å². The fourth-order valence-corrected chi connectivity index (χ4v) is 5.56. The van der Waals surface area contributed by atoms with Gasteiger partial charge >= 0.3 is 0 Å².